The van der Waals surface area contributed by atoms with Crippen LogP contribution in [0.4, 0.5) is 0 Å². The van der Waals surface area contributed by atoms with Crippen LogP contribution in [0.3, 0.4) is 0 Å². The molecule has 4 heteroatoms. The van der Waals surface area contributed by atoms with Gasteiger partial charge in [-0.2, -0.15) is 0 Å². The average molecular weight is 318 g/mol. The first-order valence-corrected chi connectivity index (χ1v) is 8.29. The summed E-state index contributed by atoms with van der Waals surface area (Å²) in [5, 5.41) is 0. The molecular weight excluding hydrogens is 292 g/mol. The number of esters is 1. The fourth-order valence-electron chi connectivity index (χ4n) is 2.70. The van der Waals surface area contributed by atoms with Gasteiger partial charge in [-0.25, -0.2) is 0 Å². The number of benzene rings is 1. The maximum absolute atomic E-state index is 11.8. The highest BCUT2D eigenvalue weighted by atomic mass is 16.7. The normalized spacial score (nSPS) is 19.0. The third-order valence-corrected chi connectivity index (χ3v) is 3.96. The Morgan fingerprint density at radius 3 is 2.65 bits per heavy atom. The lowest BCUT2D eigenvalue weighted by Crippen LogP contribution is -2.24. The SMILES string of the molecule is C=C(C)C(CC(=O)OCC)c1ccc(OC2CCCCO2)cc1. The Bertz CT molecular complexity index is 515. The van der Waals surface area contributed by atoms with Crippen LogP contribution in [0.2, 0.25) is 0 Å². The van der Waals surface area contributed by atoms with E-state index in [0.29, 0.717) is 13.0 Å². The lowest BCUT2D eigenvalue weighted by molar-refractivity contribution is -0.143. The van der Waals surface area contributed by atoms with Gasteiger partial charge in [-0.1, -0.05) is 24.3 Å². The van der Waals surface area contributed by atoms with E-state index in [0.717, 1.165) is 42.8 Å². The van der Waals surface area contributed by atoms with Crippen LogP contribution in [0.5, 0.6) is 5.75 Å². The monoisotopic (exact) mass is 318 g/mol. The van der Waals surface area contributed by atoms with Crippen molar-refractivity contribution < 1.29 is 19.0 Å². The molecule has 23 heavy (non-hydrogen) atoms. The lowest BCUT2D eigenvalue weighted by Gasteiger charge is -2.24. The van der Waals surface area contributed by atoms with E-state index in [2.05, 4.69) is 6.58 Å². The van der Waals surface area contributed by atoms with Gasteiger partial charge in [0.25, 0.3) is 0 Å². The Kier molecular flexibility index (Phi) is 6.66. The van der Waals surface area contributed by atoms with Gasteiger partial charge in [0.05, 0.1) is 19.6 Å². The summed E-state index contributed by atoms with van der Waals surface area (Å²) in [6, 6.07) is 7.82. The topological polar surface area (TPSA) is 44.8 Å². The van der Waals surface area contributed by atoms with Gasteiger partial charge in [-0.15, -0.1) is 0 Å². The molecule has 4 nitrogen and oxygen atoms in total. The van der Waals surface area contributed by atoms with Crippen LogP contribution in [-0.2, 0) is 14.3 Å². The van der Waals surface area contributed by atoms with E-state index >= 15 is 0 Å². The van der Waals surface area contributed by atoms with Gasteiger partial charge in [0.2, 0.25) is 0 Å². The number of hydrogen-bond acceptors (Lipinski definition) is 4. The minimum Gasteiger partial charge on any atom is -0.466 e. The Hall–Kier alpha value is -1.81. The lowest BCUT2D eigenvalue weighted by atomic mass is 9.90. The number of ether oxygens (including phenoxy) is 3. The second kappa shape index (κ2) is 8.73. The standard InChI is InChI=1S/C19H26O4/c1-4-21-18(20)13-17(14(2)3)15-8-10-16(11-9-15)23-19-7-5-6-12-22-19/h8-11,17,19H,2,4-7,12-13H2,1,3H3. The third-order valence-electron chi connectivity index (χ3n) is 3.96. The molecule has 2 atom stereocenters. The van der Waals surface area contributed by atoms with Crippen LogP contribution >= 0.6 is 0 Å². The van der Waals surface area contributed by atoms with Crippen LogP contribution in [0, 0.1) is 0 Å². The zero-order chi connectivity index (χ0) is 16.7. The summed E-state index contributed by atoms with van der Waals surface area (Å²) < 4.78 is 16.5. The van der Waals surface area contributed by atoms with E-state index in [4.69, 9.17) is 14.2 Å². The molecule has 2 rings (SSSR count). The Morgan fingerprint density at radius 1 is 1.35 bits per heavy atom. The van der Waals surface area contributed by atoms with Gasteiger partial charge in [-0.3, -0.25) is 4.79 Å². The maximum Gasteiger partial charge on any atom is 0.306 e. The molecule has 0 bridgehead atoms. The molecule has 0 amide bonds. The van der Waals surface area contributed by atoms with Gasteiger partial charge < -0.3 is 14.2 Å². The van der Waals surface area contributed by atoms with Gasteiger partial charge in [0.1, 0.15) is 5.75 Å². The van der Waals surface area contributed by atoms with Crippen molar-refractivity contribution in [1.29, 1.82) is 0 Å². The van der Waals surface area contributed by atoms with Crippen molar-refractivity contribution in [3.05, 3.63) is 42.0 Å². The summed E-state index contributed by atoms with van der Waals surface area (Å²) in [6.45, 7) is 8.91. The summed E-state index contributed by atoms with van der Waals surface area (Å²) in [5.41, 5.74) is 1.99. The highest BCUT2D eigenvalue weighted by Gasteiger charge is 2.19. The van der Waals surface area contributed by atoms with Gasteiger partial charge in [0.15, 0.2) is 6.29 Å². The molecule has 0 N–H and O–H groups in total. The van der Waals surface area contributed by atoms with E-state index in [1.807, 2.05) is 38.1 Å². The summed E-state index contributed by atoms with van der Waals surface area (Å²) in [7, 11) is 0. The minimum atomic E-state index is -0.198. The molecule has 1 aromatic carbocycles. The summed E-state index contributed by atoms with van der Waals surface area (Å²) in [5.74, 6) is 0.558. The number of carbonyl (C=O) groups excluding carboxylic acids is 1. The van der Waals surface area contributed by atoms with Crippen LogP contribution in [0.25, 0.3) is 0 Å². The molecule has 0 saturated carbocycles. The Labute approximate surface area is 138 Å². The number of rotatable bonds is 7. The number of hydrogen-bond donors (Lipinski definition) is 0. The molecular formula is C19H26O4. The average Bonchev–Trinajstić information content (AvgIpc) is 2.54. The van der Waals surface area contributed by atoms with Crippen molar-refractivity contribution in [2.24, 2.45) is 0 Å². The first-order valence-electron chi connectivity index (χ1n) is 8.29. The molecule has 0 spiro atoms. The van der Waals surface area contributed by atoms with Crippen molar-refractivity contribution in [2.45, 2.75) is 51.7 Å². The van der Waals surface area contributed by atoms with Crippen LogP contribution in [0.1, 0.15) is 51.0 Å². The number of carbonyl (C=O) groups is 1. The molecule has 1 heterocycles. The van der Waals surface area contributed by atoms with E-state index < -0.39 is 0 Å². The highest BCUT2D eigenvalue weighted by Crippen LogP contribution is 2.29. The van der Waals surface area contributed by atoms with E-state index in [1.54, 1.807) is 0 Å². The fraction of sp³-hybridized carbons (Fsp3) is 0.526. The van der Waals surface area contributed by atoms with Crippen molar-refractivity contribution in [1.82, 2.24) is 0 Å². The first kappa shape index (κ1) is 17.5. The zero-order valence-corrected chi connectivity index (χ0v) is 14.0. The fourth-order valence-corrected chi connectivity index (χ4v) is 2.70. The largest absolute Gasteiger partial charge is 0.466 e. The van der Waals surface area contributed by atoms with E-state index in [9.17, 15) is 4.79 Å². The van der Waals surface area contributed by atoms with Crippen LogP contribution in [-0.4, -0.2) is 25.5 Å². The predicted octanol–water partition coefficient (Wildman–Crippen LogP) is 4.20. The third kappa shape index (κ3) is 5.39. The predicted molar refractivity (Wildman–Crippen MR) is 89.5 cm³/mol. The molecule has 0 aliphatic carbocycles. The highest BCUT2D eigenvalue weighted by molar-refractivity contribution is 5.71. The molecule has 1 saturated heterocycles. The van der Waals surface area contributed by atoms with Crippen LogP contribution in [0.15, 0.2) is 36.4 Å². The van der Waals surface area contributed by atoms with Gasteiger partial charge in [-0.05, 0) is 44.4 Å². The molecule has 1 aliphatic heterocycles. The molecule has 2 unspecified atom stereocenters. The molecule has 0 aromatic heterocycles. The zero-order valence-electron chi connectivity index (χ0n) is 14.0. The number of allylic oxidation sites excluding steroid dienone is 1. The van der Waals surface area contributed by atoms with Crippen LogP contribution < -0.4 is 4.74 Å². The Morgan fingerprint density at radius 2 is 2.09 bits per heavy atom. The quantitative estimate of drug-likeness (QED) is 0.558. The van der Waals surface area contributed by atoms with Crippen molar-refractivity contribution in [3.8, 4) is 5.75 Å². The minimum absolute atomic E-state index is 0.0333. The molecule has 1 aliphatic rings. The molecule has 1 fully saturated rings. The second-order valence-electron chi connectivity index (χ2n) is 5.89. The molecule has 126 valence electrons. The van der Waals surface area contributed by atoms with Crippen molar-refractivity contribution >= 4 is 5.97 Å². The summed E-state index contributed by atoms with van der Waals surface area (Å²) in [4.78, 5) is 11.8. The maximum atomic E-state index is 11.8. The van der Waals surface area contributed by atoms with Crippen molar-refractivity contribution in [2.75, 3.05) is 13.2 Å². The van der Waals surface area contributed by atoms with Gasteiger partial charge in [0, 0.05) is 12.3 Å². The molecule has 0 radical (unpaired) electrons. The van der Waals surface area contributed by atoms with Crippen molar-refractivity contribution in [3.63, 3.8) is 0 Å². The van der Waals surface area contributed by atoms with Gasteiger partial charge >= 0.3 is 5.97 Å². The second-order valence-corrected chi connectivity index (χ2v) is 5.89. The molecule has 1 aromatic rings. The van der Waals surface area contributed by atoms with E-state index in [-0.39, 0.29) is 18.2 Å². The summed E-state index contributed by atoms with van der Waals surface area (Å²) >= 11 is 0. The Balaban J connectivity index is 2.00. The first-order chi connectivity index (χ1) is 11.1. The summed E-state index contributed by atoms with van der Waals surface area (Å²) in [6.07, 6.45) is 3.34. The van der Waals surface area contributed by atoms with E-state index in [1.165, 1.54) is 0 Å². The smallest absolute Gasteiger partial charge is 0.306 e.